The molecule has 1 N–H and O–H groups in total. The zero-order chi connectivity index (χ0) is 16.9. The molecule has 0 spiro atoms. The summed E-state index contributed by atoms with van der Waals surface area (Å²) in [4.78, 5) is 17.7. The molecule has 0 atom stereocenters. The van der Waals surface area contributed by atoms with Crippen molar-refractivity contribution in [1.29, 1.82) is 0 Å². The fourth-order valence-corrected chi connectivity index (χ4v) is 4.13. The first kappa shape index (κ1) is 16.8. The normalized spacial score (nSPS) is 10.8. The number of nitrogens with one attached hydrogen (secondary N) is 1. The lowest BCUT2D eigenvalue weighted by Gasteiger charge is -2.09. The molecule has 2 heterocycles. The minimum Gasteiger partial charge on any atom is -0.469 e. The Morgan fingerprint density at radius 3 is 2.88 bits per heavy atom. The molecule has 24 heavy (non-hydrogen) atoms. The molecule has 1 amide bonds. The molecule has 4 nitrogen and oxygen atoms in total. The first-order chi connectivity index (χ1) is 11.6. The molecular weight excluding hydrogens is 340 g/mol. The maximum atomic E-state index is 12.1. The van der Waals surface area contributed by atoms with Crippen molar-refractivity contribution in [3.63, 3.8) is 0 Å². The Balaban J connectivity index is 1.58. The number of hydrogen-bond donors (Lipinski definition) is 1. The molecule has 0 aliphatic carbocycles. The predicted octanol–water partition coefficient (Wildman–Crippen LogP) is 5.08. The smallest absolute Gasteiger partial charge is 0.224 e. The van der Waals surface area contributed by atoms with Crippen molar-refractivity contribution in [2.45, 2.75) is 35.9 Å². The third-order valence-electron chi connectivity index (χ3n) is 3.45. The first-order valence-corrected chi connectivity index (χ1v) is 9.32. The molecule has 0 unspecified atom stereocenters. The minimum absolute atomic E-state index is 0.00884. The van der Waals surface area contributed by atoms with Crippen molar-refractivity contribution in [2.75, 3.05) is 5.32 Å². The summed E-state index contributed by atoms with van der Waals surface area (Å²) in [5.74, 6) is 0.817. The van der Waals surface area contributed by atoms with E-state index in [-0.39, 0.29) is 5.91 Å². The number of nitrogens with zero attached hydrogens (tertiary/aromatic N) is 1. The molecule has 0 saturated heterocycles. The SMILES string of the molecule is Cc1csc(Sc2ccc(NC(=O)CCc3ccco3)c(C)c2)n1. The highest BCUT2D eigenvalue weighted by atomic mass is 32.2. The van der Waals surface area contributed by atoms with Gasteiger partial charge in [0.1, 0.15) is 5.76 Å². The standard InChI is InChI=1S/C18H18N2O2S2/c1-12-10-15(24-18-19-13(2)11-23-18)6-7-16(12)20-17(21)8-5-14-4-3-9-22-14/h3-4,6-7,9-11H,5,8H2,1-2H3,(H,20,21). The highest BCUT2D eigenvalue weighted by Crippen LogP contribution is 2.32. The van der Waals surface area contributed by atoms with Crippen LogP contribution in [0.15, 0.2) is 55.6 Å². The van der Waals surface area contributed by atoms with E-state index >= 15 is 0 Å². The third kappa shape index (κ3) is 4.49. The van der Waals surface area contributed by atoms with Crippen molar-refractivity contribution in [3.8, 4) is 0 Å². The summed E-state index contributed by atoms with van der Waals surface area (Å²) in [5.41, 5.74) is 2.93. The van der Waals surface area contributed by atoms with Crippen LogP contribution in [0.2, 0.25) is 0 Å². The lowest BCUT2D eigenvalue weighted by atomic mass is 10.2. The van der Waals surface area contributed by atoms with Crippen LogP contribution in [0.4, 0.5) is 5.69 Å². The molecule has 1 aromatic carbocycles. The number of aryl methyl sites for hydroxylation is 3. The number of anilines is 1. The van der Waals surface area contributed by atoms with Gasteiger partial charge in [0, 0.05) is 34.5 Å². The first-order valence-electron chi connectivity index (χ1n) is 7.63. The summed E-state index contributed by atoms with van der Waals surface area (Å²) >= 11 is 3.28. The monoisotopic (exact) mass is 358 g/mol. The van der Waals surface area contributed by atoms with Gasteiger partial charge in [-0.1, -0.05) is 11.8 Å². The van der Waals surface area contributed by atoms with Crippen LogP contribution in [-0.2, 0) is 11.2 Å². The van der Waals surface area contributed by atoms with Gasteiger partial charge in [-0.15, -0.1) is 11.3 Å². The van der Waals surface area contributed by atoms with E-state index in [9.17, 15) is 4.79 Å². The molecule has 0 saturated carbocycles. The second kappa shape index (κ2) is 7.68. The van der Waals surface area contributed by atoms with E-state index in [4.69, 9.17) is 4.42 Å². The van der Waals surface area contributed by atoms with Crippen LogP contribution in [-0.4, -0.2) is 10.9 Å². The van der Waals surface area contributed by atoms with Gasteiger partial charge in [-0.3, -0.25) is 4.79 Å². The van der Waals surface area contributed by atoms with Gasteiger partial charge in [0.25, 0.3) is 0 Å². The summed E-state index contributed by atoms with van der Waals surface area (Å²) in [6, 6.07) is 9.74. The predicted molar refractivity (Wildman–Crippen MR) is 97.8 cm³/mol. The Labute approximate surface area is 149 Å². The molecular formula is C18H18N2O2S2. The van der Waals surface area contributed by atoms with E-state index in [2.05, 4.69) is 16.4 Å². The van der Waals surface area contributed by atoms with Crippen LogP contribution < -0.4 is 5.32 Å². The van der Waals surface area contributed by atoms with Crippen molar-refractivity contribution in [1.82, 2.24) is 4.98 Å². The lowest BCUT2D eigenvalue weighted by molar-refractivity contribution is -0.116. The number of benzene rings is 1. The molecule has 0 aliphatic heterocycles. The highest BCUT2D eigenvalue weighted by molar-refractivity contribution is 8.01. The van der Waals surface area contributed by atoms with E-state index in [0.717, 1.165) is 31.9 Å². The molecule has 3 aromatic rings. The zero-order valence-electron chi connectivity index (χ0n) is 13.5. The average molecular weight is 358 g/mol. The molecule has 6 heteroatoms. The van der Waals surface area contributed by atoms with Crippen molar-refractivity contribution >= 4 is 34.7 Å². The second-order valence-electron chi connectivity index (χ2n) is 5.46. The topological polar surface area (TPSA) is 55.1 Å². The van der Waals surface area contributed by atoms with E-state index in [0.29, 0.717) is 12.8 Å². The van der Waals surface area contributed by atoms with Crippen molar-refractivity contribution in [2.24, 2.45) is 0 Å². The van der Waals surface area contributed by atoms with Gasteiger partial charge in [0.2, 0.25) is 5.91 Å². The van der Waals surface area contributed by atoms with E-state index in [1.54, 1.807) is 29.4 Å². The van der Waals surface area contributed by atoms with E-state index in [1.165, 1.54) is 0 Å². The Bertz CT molecular complexity index is 825. The van der Waals surface area contributed by atoms with Gasteiger partial charge in [-0.05, 0) is 49.7 Å². The third-order valence-corrected chi connectivity index (χ3v) is 5.50. The van der Waals surface area contributed by atoms with Gasteiger partial charge in [0.05, 0.1) is 6.26 Å². The Kier molecular flexibility index (Phi) is 5.37. The van der Waals surface area contributed by atoms with Crippen LogP contribution in [0.3, 0.4) is 0 Å². The van der Waals surface area contributed by atoms with Crippen molar-refractivity contribution < 1.29 is 9.21 Å². The lowest BCUT2D eigenvalue weighted by Crippen LogP contribution is -2.13. The molecule has 0 aliphatic rings. The number of thiazole rings is 1. The van der Waals surface area contributed by atoms with Gasteiger partial charge in [0.15, 0.2) is 4.34 Å². The average Bonchev–Trinajstić information content (AvgIpc) is 3.20. The minimum atomic E-state index is -0.00884. The van der Waals surface area contributed by atoms with Crippen LogP contribution in [0.25, 0.3) is 0 Å². The van der Waals surface area contributed by atoms with Crippen LogP contribution >= 0.6 is 23.1 Å². The van der Waals surface area contributed by atoms with Crippen LogP contribution in [0.5, 0.6) is 0 Å². The van der Waals surface area contributed by atoms with Gasteiger partial charge >= 0.3 is 0 Å². The van der Waals surface area contributed by atoms with Crippen LogP contribution in [0.1, 0.15) is 23.4 Å². The van der Waals surface area contributed by atoms with Gasteiger partial charge in [-0.25, -0.2) is 4.98 Å². The molecule has 0 radical (unpaired) electrons. The number of rotatable bonds is 6. The summed E-state index contributed by atoms with van der Waals surface area (Å²) < 4.78 is 6.27. The summed E-state index contributed by atoms with van der Waals surface area (Å²) in [5, 5.41) is 5.01. The summed E-state index contributed by atoms with van der Waals surface area (Å²) in [6.07, 6.45) is 2.63. The van der Waals surface area contributed by atoms with E-state index < -0.39 is 0 Å². The molecule has 0 fully saturated rings. The molecule has 0 bridgehead atoms. The number of carbonyl (C=O) groups is 1. The maximum absolute atomic E-state index is 12.1. The molecule has 124 valence electrons. The summed E-state index contributed by atoms with van der Waals surface area (Å²) in [6.45, 7) is 3.99. The fraction of sp³-hybridized carbons (Fsp3) is 0.222. The Morgan fingerprint density at radius 2 is 2.21 bits per heavy atom. The van der Waals surface area contributed by atoms with Gasteiger partial charge in [-0.2, -0.15) is 0 Å². The Hall–Kier alpha value is -2.05. The summed E-state index contributed by atoms with van der Waals surface area (Å²) in [7, 11) is 0. The number of carbonyl (C=O) groups excluding carboxylic acids is 1. The quantitative estimate of drug-likeness (QED) is 0.668. The fourth-order valence-electron chi connectivity index (χ4n) is 2.22. The maximum Gasteiger partial charge on any atom is 0.224 e. The van der Waals surface area contributed by atoms with Crippen LogP contribution in [0, 0.1) is 13.8 Å². The highest BCUT2D eigenvalue weighted by Gasteiger charge is 2.08. The number of amides is 1. The zero-order valence-corrected chi connectivity index (χ0v) is 15.2. The molecule has 2 aromatic heterocycles. The largest absolute Gasteiger partial charge is 0.469 e. The van der Waals surface area contributed by atoms with E-state index in [1.807, 2.05) is 43.5 Å². The van der Waals surface area contributed by atoms with Gasteiger partial charge < -0.3 is 9.73 Å². The molecule has 3 rings (SSSR count). The second-order valence-corrected chi connectivity index (χ2v) is 7.64. The van der Waals surface area contributed by atoms with Crippen molar-refractivity contribution in [3.05, 3.63) is 59.0 Å². The number of aromatic nitrogens is 1. The number of hydrogen-bond acceptors (Lipinski definition) is 5. The number of furan rings is 1. The Morgan fingerprint density at radius 1 is 1.33 bits per heavy atom.